The standard InChI is InChI=1S/C15H24O3/c1-3-12(10-13(16)4-2)14-11-17-15(18-14)8-6-5-7-9-15/h3-4,12-14,16H,1-2,5-11H2/t12?,13-,14-/m1/s1. The first-order valence-electron chi connectivity index (χ1n) is 6.94. The number of aliphatic hydroxyl groups is 1. The predicted octanol–water partition coefficient (Wildman–Crippen LogP) is 2.80. The highest BCUT2D eigenvalue weighted by Gasteiger charge is 2.44. The number of ether oxygens (including phenoxy) is 2. The summed E-state index contributed by atoms with van der Waals surface area (Å²) in [4.78, 5) is 0. The van der Waals surface area contributed by atoms with Crippen LogP contribution >= 0.6 is 0 Å². The van der Waals surface area contributed by atoms with E-state index in [-0.39, 0.29) is 17.8 Å². The van der Waals surface area contributed by atoms with Gasteiger partial charge in [0.15, 0.2) is 5.79 Å². The third-order valence-electron chi connectivity index (χ3n) is 4.06. The van der Waals surface area contributed by atoms with E-state index >= 15 is 0 Å². The van der Waals surface area contributed by atoms with Crippen molar-refractivity contribution in [2.24, 2.45) is 5.92 Å². The van der Waals surface area contributed by atoms with Crippen LogP contribution in [0, 0.1) is 5.92 Å². The first kappa shape index (κ1) is 13.8. The fourth-order valence-corrected chi connectivity index (χ4v) is 2.92. The van der Waals surface area contributed by atoms with E-state index in [2.05, 4.69) is 13.2 Å². The molecular formula is C15H24O3. The molecule has 2 fully saturated rings. The molecule has 0 aromatic heterocycles. The Balaban J connectivity index is 1.93. The Hall–Kier alpha value is -0.640. The van der Waals surface area contributed by atoms with E-state index in [0.717, 1.165) is 12.8 Å². The molecule has 1 N–H and O–H groups in total. The maximum atomic E-state index is 9.66. The van der Waals surface area contributed by atoms with Crippen LogP contribution in [0.1, 0.15) is 38.5 Å². The van der Waals surface area contributed by atoms with Crippen LogP contribution < -0.4 is 0 Å². The zero-order chi connectivity index (χ0) is 13.0. The summed E-state index contributed by atoms with van der Waals surface area (Å²) >= 11 is 0. The van der Waals surface area contributed by atoms with Gasteiger partial charge in [-0.3, -0.25) is 0 Å². The molecule has 3 nitrogen and oxygen atoms in total. The Morgan fingerprint density at radius 2 is 1.94 bits per heavy atom. The molecule has 1 spiro atoms. The SMILES string of the molecule is C=CC(C[C@H](O)C=C)[C@H]1COC2(CCCCC2)O1. The minimum Gasteiger partial charge on any atom is -0.389 e. The Bertz CT molecular complexity index is 294. The molecule has 3 atom stereocenters. The van der Waals surface area contributed by atoms with E-state index in [1.807, 2.05) is 6.08 Å². The first-order valence-corrected chi connectivity index (χ1v) is 6.94. The quantitative estimate of drug-likeness (QED) is 0.765. The number of rotatable bonds is 5. The summed E-state index contributed by atoms with van der Waals surface area (Å²) in [6.07, 6.45) is 9.19. The van der Waals surface area contributed by atoms with Crippen LogP contribution in [0.15, 0.2) is 25.3 Å². The largest absolute Gasteiger partial charge is 0.389 e. The van der Waals surface area contributed by atoms with E-state index < -0.39 is 6.10 Å². The molecule has 102 valence electrons. The Morgan fingerprint density at radius 1 is 1.22 bits per heavy atom. The van der Waals surface area contributed by atoms with Gasteiger partial charge in [0, 0.05) is 18.8 Å². The lowest BCUT2D eigenvalue weighted by Gasteiger charge is -2.32. The van der Waals surface area contributed by atoms with Crippen LogP contribution in [-0.2, 0) is 9.47 Å². The van der Waals surface area contributed by atoms with Crippen molar-refractivity contribution in [1.82, 2.24) is 0 Å². The minimum atomic E-state index is -0.500. The van der Waals surface area contributed by atoms with E-state index in [1.54, 1.807) is 6.08 Å². The van der Waals surface area contributed by atoms with Gasteiger partial charge in [0.1, 0.15) is 0 Å². The summed E-state index contributed by atoms with van der Waals surface area (Å²) in [5.74, 6) is -0.220. The average molecular weight is 252 g/mol. The van der Waals surface area contributed by atoms with Gasteiger partial charge >= 0.3 is 0 Å². The van der Waals surface area contributed by atoms with Gasteiger partial charge in [-0.1, -0.05) is 18.6 Å². The molecule has 1 unspecified atom stereocenters. The Labute approximate surface area is 109 Å². The van der Waals surface area contributed by atoms with Crippen LogP contribution in [0.4, 0.5) is 0 Å². The molecule has 2 rings (SSSR count). The topological polar surface area (TPSA) is 38.7 Å². The van der Waals surface area contributed by atoms with Crippen molar-refractivity contribution in [3.8, 4) is 0 Å². The van der Waals surface area contributed by atoms with Crippen molar-refractivity contribution >= 4 is 0 Å². The highest BCUT2D eigenvalue weighted by Crippen LogP contribution is 2.40. The first-order chi connectivity index (χ1) is 8.69. The van der Waals surface area contributed by atoms with Crippen LogP contribution in [-0.4, -0.2) is 29.7 Å². The van der Waals surface area contributed by atoms with E-state index in [0.29, 0.717) is 13.0 Å². The molecule has 3 heteroatoms. The lowest BCUT2D eigenvalue weighted by molar-refractivity contribution is -0.190. The smallest absolute Gasteiger partial charge is 0.168 e. The van der Waals surface area contributed by atoms with Crippen molar-refractivity contribution in [2.45, 2.75) is 56.5 Å². The molecule has 1 heterocycles. The summed E-state index contributed by atoms with van der Waals surface area (Å²) < 4.78 is 12.1. The van der Waals surface area contributed by atoms with Crippen molar-refractivity contribution < 1.29 is 14.6 Å². The number of aliphatic hydroxyl groups excluding tert-OH is 1. The van der Waals surface area contributed by atoms with Gasteiger partial charge in [0.2, 0.25) is 0 Å². The van der Waals surface area contributed by atoms with Gasteiger partial charge in [-0.15, -0.1) is 13.2 Å². The third kappa shape index (κ3) is 3.02. The maximum absolute atomic E-state index is 9.66. The third-order valence-corrected chi connectivity index (χ3v) is 4.06. The monoisotopic (exact) mass is 252 g/mol. The summed E-state index contributed by atoms with van der Waals surface area (Å²) in [6.45, 7) is 8.06. The second-order valence-corrected chi connectivity index (χ2v) is 5.38. The highest BCUT2D eigenvalue weighted by atomic mass is 16.7. The van der Waals surface area contributed by atoms with Crippen LogP contribution in [0.2, 0.25) is 0 Å². The van der Waals surface area contributed by atoms with E-state index in [9.17, 15) is 5.11 Å². The second-order valence-electron chi connectivity index (χ2n) is 5.38. The summed E-state index contributed by atoms with van der Waals surface area (Å²) in [7, 11) is 0. The molecule has 1 aliphatic heterocycles. The van der Waals surface area contributed by atoms with Gasteiger partial charge < -0.3 is 14.6 Å². The molecule has 1 aliphatic carbocycles. The van der Waals surface area contributed by atoms with E-state index in [1.165, 1.54) is 19.3 Å². The summed E-state index contributed by atoms with van der Waals surface area (Å²) in [5, 5.41) is 9.66. The number of hydrogen-bond donors (Lipinski definition) is 1. The highest BCUT2D eigenvalue weighted by molar-refractivity contribution is 4.95. The van der Waals surface area contributed by atoms with Crippen molar-refractivity contribution in [3.63, 3.8) is 0 Å². The molecular weight excluding hydrogens is 228 g/mol. The van der Waals surface area contributed by atoms with Crippen molar-refractivity contribution in [2.75, 3.05) is 6.61 Å². The molecule has 0 aromatic carbocycles. The molecule has 18 heavy (non-hydrogen) atoms. The molecule has 0 bridgehead atoms. The Kier molecular flexibility index (Phi) is 4.60. The predicted molar refractivity (Wildman–Crippen MR) is 71.1 cm³/mol. The fraction of sp³-hybridized carbons (Fsp3) is 0.733. The van der Waals surface area contributed by atoms with Crippen LogP contribution in [0.25, 0.3) is 0 Å². The van der Waals surface area contributed by atoms with Crippen LogP contribution in [0.5, 0.6) is 0 Å². The second kappa shape index (κ2) is 6.00. The van der Waals surface area contributed by atoms with Gasteiger partial charge in [-0.05, 0) is 19.3 Å². The summed E-state index contributed by atoms with van der Waals surface area (Å²) in [6, 6.07) is 0. The zero-order valence-corrected chi connectivity index (χ0v) is 11.0. The maximum Gasteiger partial charge on any atom is 0.168 e. The fourth-order valence-electron chi connectivity index (χ4n) is 2.92. The number of hydrogen-bond acceptors (Lipinski definition) is 3. The molecule has 1 saturated heterocycles. The Morgan fingerprint density at radius 3 is 2.56 bits per heavy atom. The molecule has 2 aliphatic rings. The van der Waals surface area contributed by atoms with Gasteiger partial charge in [0.05, 0.1) is 18.8 Å². The van der Waals surface area contributed by atoms with Gasteiger partial charge in [0.25, 0.3) is 0 Å². The molecule has 0 radical (unpaired) electrons. The lowest BCUT2D eigenvalue weighted by Crippen LogP contribution is -2.34. The normalized spacial score (nSPS) is 29.9. The molecule has 0 aromatic rings. The average Bonchev–Trinajstić information content (AvgIpc) is 2.80. The zero-order valence-electron chi connectivity index (χ0n) is 11.0. The van der Waals surface area contributed by atoms with E-state index in [4.69, 9.17) is 9.47 Å². The van der Waals surface area contributed by atoms with Crippen molar-refractivity contribution in [3.05, 3.63) is 25.3 Å². The van der Waals surface area contributed by atoms with Crippen LogP contribution in [0.3, 0.4) is 0 Å². The summed E-state index contributed by atoms with van der Waals surface area (Å²) in [5.41, 5.74) is 0. The lowest BCUT2D eigenvalue weighted by atomic mass is 9.93. The molecule has 1 saturated carbocycles. The molecule has 0 amide bonds. The minimum absolute atomic E-state index is 0.0233. The van der Waals surface area contributed by atoms with Gasteiger partial charge in [-0.25, -0.2) is 0 Å². The van der Waals surface area contributed by atoms with Crippen molar-refractivity contribution in [1.29, 1.82) is 0 Å². The van der Waals surface area contributed by atoms with Gasteiger partial charge in [-0.2, -0.15) is 0 Å².